The van der Waals surface area contributed by atoms with Gasteiger partial charge >= 0.3 is 0 Å². The van der Waals surface area contributed by atoms with Crippen molar-refractivity contribution >= 4 is 17.7 Å². The lowest BCUT2D eigenvalue weighted by atomic mass is 9.54. The minimum Gasteiger partial charge on any atom is -0.202 e. The summed E-state index contributed by atoms with van der Waals surface area (Å²) in [4.78, 5) is 0. The molecule has 2 aromatic rings. The van der Waals surface area contributed by atoms with Gasteiger partial charge in [-0.25, -0.2) is 4.57 Å². The lowest BCUT2D eigenvalue weighted by molar-refractivity contribution is -0.718. The van der Waals surface area contributed by atoms with E-state index in [1.165, 1.54) is 46.2 Å². The fourth-order valence-corrected chi connectivity index (χ4v) is 4.68. The molecule has 0 amide bonds. The van der Waals surface area contributed by atoms with Crippen molar-refractivity contribution in [2.45, 2.75) is 58.2 Å². The quantitative estimate of drug-likeness (QED) is 0.424. The summed E-state index contributed by atoms with van der Waals surface area (Å²) in [6.45, 7) is 15.9. The van der Waals surface area contributed by atoms with E-state index in [0.717, 1.165) is 0 Å². The van der Waals surface area contributed by atoms with E-state index in [1.807, 2.05) is 6.08 Å². The van der Waals surface area contributed by atoms with Crippen molar-refractivity contribution in [3.8, 4) is 11.3 Å². The maximum atomic E-state index is 3.85. The molecular weight excluding hydrogens is 313 g/mol. The van der Waals surface area contributed by atoms with Gasteiger partial charge in [0.05, 0.1) is 0 Å². The molecule has 1 atom stereocenters. The van der Waals surface area contributed by atoms with Gasteiger partial charge in [-0.05, 0) is 41.4 Å². The third-order valence-corrected chi connectivity index (χ3v) is 6.49. The molecule has 1 unspecified atom stereocenters. The summed E-state index contributed by atoms with van der Waals surface area (Å²) in [5, 5.41) is 0. The van der Waals surface area contributed by atoms with E-state index < -0.39 is 0 Å². The molecule has 0 saturated carbocycles. The summed E-state index contributed by atoms with van der Waals surface area (Å²) in [5.74, 6) is 0. The van der Waals surface area contributed by atoms with Gasteiger partial charge < -0.3 is 0 Å². The molecule has 0 bridgehead atoms. The monoisotopic (exact) mass is 342 g/mol. The second-order valence-corrected chi connectivity index (χ2v) is 9.02. The van der Waals surface area contributed by atoms with Crippen LogP contribution in [0.4, 0.5) is 0 Å². The Morgan fingerprint density at radius 2 is 2.04 bits per heavy atom. The van der Waals surface area contributed by atoms with Crippen LogP contribution < -0.4 is 10.0 Å². The highest BCUT2D eigenvalue weighted by atomic mass is 15.1. The molecule has 2 aliphatic heterocycles. The molecule has 2 heteroatoms. The molecule has 1 saturated heterocycles. The van der Waals surface area contributed by atoms with Gasteiger partial charge in [-0.2, -0.15) is 0 Å². The van der Waals surface area contributed by atoms with E-state index in [4.69, 9.17) is 0 Å². The maximum Gasteiger partial charge on any atom is 0.270 e. The van der Waals surface area contributed by atoms with Gasteiger partial charge in [0.25, 0.3) is 6.71 Å². The van der Waals surface area contributed by atoms with Gasteiger partial charge in [-0.3, -0.25) is 0 Å². The molecule has 0 radical (unpaired) electrons. The van der Waals surface area contributed by atoms with Crippen molar-refractivity contribution in [3.05, 3.63) is 66.4 Å². The fourth-order valence-electron chi connectivity index (χ4n) is 4.68. The highest BCUT2D eigenvalue weighted by Crippen LogP contribution is 2.47. The van der Waals surface area contributed by atoms with Gasteiger partial charge in [0.2, 0.25) is 5.69 Å². The molecular formula is C24H29BN+. The van der Waals surface area contributed by atoms with E-state index >= 15 is 0 Å². The van der Waals surface area contributed by atoms with Crippen molar-refractivity contribution in [2.24, 2.45) is 0 Å². The Morgan fingerprint density at radius 3 is 2.69 bits per heavy atom. The SMILES string of the molecule is C=C/C=C(\C)c1ccc2c(c1)-c1cc(C(C)(C)C)cc[n+]1C1(CC)CB21. The molecule has 3 heterocycles. The van der Waals surface area contributed by atoms with Gasteiger partial charge in [0, 0.05) is 24.1 Å². The summed E-state index contributed by atoms with van der Waals surface area (Å²) in [6.07, 6.45) is 8.78. The van der Waals surface area contributed by atoms with Crippen LogP contribution in [0, 0.1) is 0 Å². The zero-order valence-electron chi connectivity index (χ0n) is 16.8. The van der Waals surface area contributed by atoms with Crippen LogP contribution in [0.25, 0.3) is 16.8 Å². The largest absolute Gasteiger partial charge is 0.270 e. The summed E-state index contributed by atoms with van der Waals surface area (Å²) in [6, 6.07) is 11.8. The van der Waals surface area contributed by atoms with E-state index in [-0.39, 0.29) is 5.41 Å². The van der Waals surface area contributed by atoms with Gasteiger partial charge in [-0.1, -0.05) is 64.0 Å². The number of hydrogen-bond acceptors (Lipinski definition) is 0. The predicted octanol–water partition coefficient (Wildman–Crippen LogP) is 4.90. The van der Waals surface area contributed by atoms with Crippen LogP contribution in [-0.2, 0) is 10.9 Å². The zero-order chi connectivity index (χ0) is 18.7. The summed E-state index contributed by atoms with van der Waals surface area (Å²) < 4.78 is 2.57. The summed E-state index contributed by atoms with van der Waals surface area (Å²) in [5.41, 5.74) is 8.76. The zero-order valence-corrected chi connectivity index (χ0v) is 16.8. The number of pyridine rings is 1. The highest BCUT2D eigenvalue weighted by Gasteiger charge is 2.68. The first-order chi connectivity index (χ1) is 12.3. The summed E-state index contributed by atoms with van der Waals surface area (Å²) in [7, 11) is 0. The number of aromatic nitrogens is 1. The van der Waals surface area contributed by atoms with E-state index in [0.29, 0.717) is 12.2 Å². The molecule has 132 valence electrons. The van der Waals surface area contributed by atoms with Crippen LogP contribution in [0.2, 0.25) is 6.32 Å². The molecule has 1 aromatic carbocycles. The second kappa shape index (κ2) is 5.71. The first-order valence-corrected chi connectivity index (χ1v) is 9.82. The summed E-state index contributed by atoms with van der Waals surface area (Å²) >= 11 is 0. The Balaban J connectivity index is 1.95. The smallest absolute Gasteiger partial charge is 0.202 e. The number of benzene rings is 1. The Kier molecular flexibility index (Phi) is 3.80. The van der Waals surface area contributed by atoms with Crippen molar-refractivity contribution in [2.75, 3.05) is 0 Å². The number of hydrogen-bond donors (Lipinski definition) is 0. The van der Waals surface area contributed by atoms with Crippen LogP contribution in [0.15, 0.2) is 55.3 Å². The molecule has 1 nitrogen and oxygen atoms in total. The first-order valence-electron chi connectivity index (χ1n) is 9.82. The third-order valence-electron chi connectivity index (χ3n) is 6.49. The molecule has 2 aliphatic rings. The second-order valence-electron chi connectivity index (χ2n) is 9.02. The normalized spacial score (nSPS) is 21.0. The molecule has 1 aromatic heterocycles. The van der Waals surface area contributed by atoms with Gasteiger partial charge in [0.1, 0.15) is 5.44 Å². The highest BCUT2D eigenvalue weighted by molar-refractivity contribution is 6.85. The fraction of sp³-hybridized carbons (Fsp3) is 0.375. The Bertz CT molecular complexity index is 932. The van der Waals surface area contributed by atoms with Crippen molar-refractivity contribution in [3.63, 3.8) is 0 Å². The lowest BCUT2D eigenvalue weighted by Crippen LogP contribution is -2.56. The molecule has 4 rings (SSSR count). The minimum atomic E-state index is 0.159. The van der Waals surface area contributed by atoms with Crippen molar-refractivity contribution in [1.29, 1.82) is 0 Å². The molecule has 0 N–H and O–H groups in total. The average Bonchev–Trinajstić information content (AvgIpc) is 3.37. The predicted molar refractivity (Wildman–Crippen MR) is 113 cm³/mol. The van der Waals surface area contributed by atoms with Crippen LogP contribution >= 0.6 is 0 Å². The number of allylic oxidation sites excluding steroid dienone is 3. The van der Waals surface area contributed by atoms with Crippen LogP contribution in [0.1, 0.15) is 52.2 Å². The van der Waals surface area contributed by atoms with E-state index in [1.54, 1.807) is 0 Å². The minimum absolute atomic E-state index is 0.159. The average molecular weight is 342 g/mol. The van der Waals surface area contributed by atoms with Gasteiger partial charge in [-0.15, -0.1) is 0 Å². The topological polar surface area (TPSA) is 3.88 Å². The molecule has 26 heavy (non-hydrogen) atoms. The lowest BCUT2D eigenvalue weighted by Gasteiger charge is -2.25. The van der Waals surface area contributed by atoms with Crippen LogP contribution in [0.3, 0.4) is 0 Å². The van der Waals surface area contributed by atoms with Crippen molar-refractivity contribution < 1.29 is 4.57 Å². The van der Waals surface area contributed by atoms with E-state index in [2.05, 4.69) is 88.4 Å². The molecule has 0 spiro atoms. The molecule has 1 fully saturated rings. The van der Waals surface area contributed by atoms with Gasteiger partial charge in [0.15, 0.2) is 6.20 Å². The van der Waals surface area contributed by atoms with Crippen LogP contribution in [-0.4, -0.2) is 6.71 Å². The number of nitrogens with zero attached hydrogens (tertiary/aromatic N) is 1. The van der Waals surface area contributed by atoms with Crippen molar-refractivity contribution in [1.82, 2.24) is 0 Å². The molecule has 0 aliphatic carbocycles. The third kappa shape index (κ3) is 2.42. The number of rotatable bonds is 3. The van der Waals surface area contributed by atoms with Crippen LogP contribution in [0.5, 0.6) is 0 Å². The van der Waals surface area contributed by atoms with E-state index in [9.17, 15) is 0 Å². The Hall–Kier alpha value is -2.09. The Labute approximate surface area is 158 Å². The Morgan fingerprint density at radius 1 is 1.27 bits per heavy atom. The first kappa shape index (κ1) is 17.3. The number of fused-ring (bicyclic) bond motifs is 6. The maximum absolute atomic E-state index is 3.85. The standard InChI is InChI=1S/C24H29BN/c1-7-9-17(3)18-10-11-21-20(14-18)22-15-19(23(4,5)6)12-13-26(22)24(8-2)16-25(21)24/h7,9-15H,1,8,16H2,2-6H3/q+1/b17-9+.